The predicted octanol–water partition coefficient (Wildman–Crippen LogP) is -0.856. The number of nitrogens with one attached hydrogen (secondary N) is 1. The zero-order valence-electron chi connectivity index (χ0n) is 4.22. The van der Waals surface area contributed by atoms with Gasteiger partial charge in [0.15, 0.2) is 0 Å². The van der Waals surface area contributed by atoms with Crippen LogP contribution in [0.25, 0.3) is 0 Å². The zero-order chi connectivity index (χ0) is 5.28. The van der Waals surface area contributed by atoms with Gasteiger partial charge in [0, 0.05) is 0 Å². The number of hydrogen-bond donors (Lipinski definition) is 3. The van der Waals surface area contributed by atoms with Crippen LogP contribution in [-0.4, -0.2) is 6.17 Å². The molecule has 0 amide bonds. The van der Waals surface area contributed by atoms with Crippen molar-refractivity contribution in [3.63, 3.8) is 0 Å². The standard InChI is InChI=1S/C4H11N3/c5-4(7-6)3-1-2-3/h3-4,7H,1-2,5-6H2. The van der Waals surface area contributed by atoms with Crippen LogP contribution in [0.1, 0.15) is 12.8 Å². The Morgan fingerprint density at radius 3 is 2.29 bits per heavy atom. The minimum absolute atomic E-state index is 0.0417. The molecule has 0 aromatic rings. The lowest BCUT2D eigenvalue weighted by Crippen LogP contribution is -2.43. The summed E-state index contributed by atoms with van der Waals surface area (Å²) in [6.45, 7) is 0. The van der Waals surface area contributed by atoms with E-state index in [-0.39, 0.29) is 6.17 Å². The monoisotopic (exact) mass is 101 g/mol. The molecule has 0 bridgehead atoms. The van der Waals surface area contributed by atoms with Gasteiger partial charge in [0.05, 0.1) is 6.17 Å². The first kappa shape index (κ1) is 5.03. The summed E-state index contributed by atoms with van der Waals surface area (Å²) in [5.74, 6) is 5.70. The Morgan fingerprint density at radius 2 is 2.14 bits per heavy atom. The van der Waals surface area contributed by atoms with Crippen LogP contribution >= 0.6 is 0 Å². The first-order valence-corrected chi connectivity index (χ1v) is 2.56. The maximum atomic E-state index is 5.44. The van der Waals surface area contributed by atoms with Gasteiger partial charge in [0.2, 0.25) is 0 Å². The van der Waals surface area contributed by atoms with Gasteiger partial charge in [-0.05, 0) is 18.8 Å². The molecule has 0 saturated heterocycles. The van der Waals surface area contributed by atoms with Gasteiger partial charge in [0.1, 0.15) is 0 Å². The van der Waals surface area contributed by atoms with Crippen molar-refractivity contribution in [1.82, 2.24) is 5.43 Å². The van der Waals surface area contributed by atoms with E-state index >= 15 is 0 Å². The molecule has 1 atom stereocenters. The second-order valence-corrected chi connectivity index (χ2v) is 2.03. The second kappa shape index (κ2) is 1.78. The number of hydrogen-bond acceptors (Lipinski definition) is 3. The smallest absolute Gasteiger partial charge is 0.0705 e. The average molecular weight is 101 g/mol. The first-order valence-electron chi connectivity index (χ1n) is 2.56. The minimum Gasteiger partial charge on any atom is -0.315 e. The molecule has 1 saturated carbocycles. The second-order valence-electron chi connectivity index (χ2n) is 2.03. The molecule has 0 aromatic carbocycles. The molecule has 1 rings (SSSR count). The van der Waals surface area contributed by atoms with Crippen molar-refractivity contribution in [2.24, 2.45) is 17.5 Å². The van der Waals surface area contributed by atoms with Gasteiger partial charge in [-0.25, -0.2) is 5.43 Å². The highest BCUT2D eigenvalue weighted by molar-refractivity contribution is 4.80. The first-order chi connectivity index (χ1) is 3.34. The van der Waals surface area contributed by atoms with Gasteiger partial charge in [-0.15, -0.1) is 0 Å². The van der Waals surface area contributed by atoms with Crippen molar-refractivity contribution in [2.75, 3.05) is 0 Å². The fraction of sp³-hybridized carbons (Fsp3) is 1.00. The lowest BCUT2D eigenvalue weighted by Gasteiger charge is -2.04. The van der Waals surface area contributed by atoms with E-state index in [9.17, 15) is 0 Å². The minimum atomic E-state index is 0.0417. The third kappa shape index (κ3) is 1.12. The molecule has 0 aliphatic heterocycles. The van der Waals surface area contributed by atoms with Crippen molar-refractivity contribution in [2.45, 2.75) is 19.0 Å². The van der Waals surface area contributed by atoms with Crippen LogP contribution in [0.15, 0.2) is 0 Å². The summed E-state index contributed by atoms with van der Waals surface area (Å²) >= 11 is 0. The van der Waals surface area contributed by atoms with Crippen molar-refractivity contribution in [3.8, 4) is 0 Å². The van der Waals surface area contributed by atoms with Crippen molar-refractivity contribution >= 4 is 0 Å². The van der Waals surface area contributed by atoms with Crippen LogP contribution in [0.4, 0.5) is 0 Å². The normalized spacial score (nSPS) is 24.9. The Hall–Kier alpha value is -0.120. The van der Waals surface area contributed by atoms with E-state index in [2.05, 4.69) is 5.43 Å². The molecule has 3 heteroatoms. The fourth-order valence-corrected chi connectivity index (χ4v) is 0.591. The highest BCUT2D eigenvalue weighted by Crippen LogP contribution is 2.29. The van der Waals surface area contributed by atoms with Gasteiger partial charge in [-0.3, -0.25) is 5.84 Å². The summed E-state index contributed by atoms with van der Waals surface area (Å²) in [6, 6.07) is 0. The maximum Gasteiger partial charge on any atom is 0.0705 e. The molecule has 5 N–H and O–H groups in total. The van der Waals surface area contributed by atoms with Crippen LogP contribution in [0.2, 0.25) is 0 Å². The van der Waals surface area contributed by atoms with Crippen molar-refractivity contribution in [3.05, 3.63) is 0 Å². The molecule has 42 valence electrons. The summed E-state index contributed by atoms with van der Waals surface area (Å²) < 4.78 is 0. The maximum absolute atomic E-state index is 5.44. The lowest BCUT2D eigenvalue weighted by molar-refractivity contribution is 0.491. The third-order valence-corrected chi connectivity index (χ3v) is 1.32. The van der Waals surface area contributed by atoms with E-state index in [0.29, 0.717) is 5.92 Å². The van der Waals surface area contributed by atoms with E-state index in [0.717, 1.165) is 0 Å². The molecule has 1 unspecified atom stereocenters. The number of nitrogens with two attached hydrogens (primary N) is 2. The predicted molar refractivity (Wildman–Crippen MR) is 28.0 cm³/mol. The molecule has 0 heterocycles. The van der Waals surface area contributed by atoms with Gasteiger partial charge in [-0.1, -0.05) is 0 Å². The van der Waals surface area contributed by atoms with Gasteiger partial charge < -0.3 is 5.73 Å². The lowest BCUT2D eigenvalue weighted by atomic mass is 10.3. The molecule has 1 aliphatic carbocycles. The Morgan fingerprint density at radius 1 is 1.57 bits per heavy atom. The van der Waals surface area contributed by atoms with Crippen LogP contribution in [-0.2, 0) is 0 Å². The van der Waals surface area contributed by atoms with E-state index in [4.69, 9.17) is 11.6 Å². The van der Waals surface area contributed by atoms with Gasteiger partial charge >= 0.3 is 0 Å². The molecular weight excluding hydrogens is 90.1 g/mol. The third-order valence-electron chi connectivity index (χ3n) is 1.32. The van der Waals surface area contributed by atoms with E-state index in [1.165, 1.54) is 12.8 Å². The van der Waals surface area contributed by atoms with Crippen LogP contribution < -0.4 is 17.0 Å². The van der Waals surface area contributed by atoms with Gasteiger partial charge in [-0.2, -0.15) is 0 Å². The molecule has 1 fully saturated rings. The topological polar surface area (TPSA) is 64.1 Å². The number of rotatable bonds is 2. The number of hydrazine groups is 1. The van der Waals surface area contributed by atoms with Crippen molar-refractivity contribution < 1.29 is 0 Å². The molecule has 7 heavy (non-hydrogen) atoms. The van der Waals surface area contributed by atoms with Crippen LogP contribution in [0, 0.1) is 5.92 Å². The molecular formula is C4H11N3. The molecule has 0 radical (unpaired) electrons. The Kier molecular flexibility index (Phi) is 1.27. The van der Waals surface area contributed by atoms with Gasteiger partial charge in [0.25, 0.3) is 0 Å². The summed E-state index contributed by atoms with van der Waals surface area (Å²) in [4.78, 5) is 0. The highest BCUT2D eigenvalue weighted by atomic mass is 15.3. The SMILES string of the molecule is NNC(N)C1CC1. The zero-order valence-corrected chi connectivity index (χ0v) is 4.22. The Balaban J connectivity index is 2.10. The van der Waals surface area contributed by atoms with E-state index in [1.807, 2.05) is 0 Å². The largest absolute Gasteiger partial charge is 0.315 e. The highest BCUT2D eigenvalue weighted by Gasteiger charge is 2.27. The fourth-order valence-electron chi connectivity index (χ4n) is 0.591. The van der Waals surface area contributed by atoms with E-state index in [1.54, 1.807) is 0 Å². The Bertz CT molecular complexity index is 60.0. The quantitative estimate of drug-likeness (QED) is 0.241. The summed E-state index contributed by atoms with van der Waals surface area (Å²) in [5.41, 5.74) is 7.95. The molecule has 0 aromatic heterocycles. The van der Waals surface area contributed by atoms with Crippen LogP contribution in [0.3, 0.4) is 0 Å². The summed E-state index contributed by atoms with van der Waals surface area (Å²) in [5, 5.41) is 0. The van der Waals surface area contributed by atoms with E-state index < -0.39 is 0 Å². The molecule has 1 aliphatic rings. The van der Waals surface area contributed by atoms with Crippen molar-refractivity contribution in [1.29, 1.82) is 0 Å². The molecule has 3 nitrogen and oxygen atoms in total. The summed E-state index contributed by atoms with van der Waals surface area (Å²) in [7, 11) is 0. The Labute approximate surface area is 43.0 Å². The average Bonchev–Trinajstić information content (AvgIpc) is 2.44. The molecule has 0 spiro atoms. The van der Waals surface area contributed by atoms with Crippen LogP contribution in [0.5, 0.6) is 0 Å². The summed E-state index contributed by atoms with van der Waals surface area (Å²) in [6.07, 6.45) is 2.52.